The summed E-state index contributed by atoms with van der Waals surface area (Å²) in [6, 6.07) is 1.51. The lowest BCUT2D eigenvalue weighted by atomic mass is 10.2. The maximum Gasteiger partial charge on any atom is 0.275 e. The molecular weight excluding hydrogens is 276 g/mol. The van der Waals surface area contributed by atoms with Crippen molar-refractivity contribution in [3.63, 3.8) is 0 Å². The molecule has 0 aliphatic carbocycles. The first-order chi connectivity index (χ1) is 9.51. The van der Waals surface area contributed by atoms with E-state index in [1.807, 2.05) is 6.92 Å². The van der Waals surface area contributed by atoms with E-state index in [0.717, 1.165) is 30.3 Å². The Morgan fingerprint density at radius 2 is 2.10 bits per heavy atom. The molecule has 2 atom stereocenters. The van der Waals surface area contributed by atoms with E-state index in [0.29, 0.717) is 4.96 Å². The fourth-order valence-electron chi connectivity index (χ4n) is 2.63. The van der Waals surface area contributed by atoms with Crippen molar-refractivity contribution in [2.24, 2.45) is 0 Å². The van der Waals surface area contributed by atoms with Gasteiger partial charge in [-0.05, 0) is 20.8 Å². The Balaban J connectivity index is 1.84. The molecule has 108 valence electrons. The lowest BCUT2D eigenvalue weighted by Gasteiger charge is -2.34. The summed E-state index contributed by atoms with van der Waals surface area (Å²) in [7, 11) is 0. The van der Waals surface area contributed by atoms with Crippen LogP contribution in [0.2, 0.25) is 0 Å². The highest BCUT2D eigenvalue weighted by Gasteiger charge is 2.23. The minimum absolute atomic E-state index is 0.112. The molecule has 2 aromatic rings. The number of fused-ring (bicyclic) bond motifs is 1. The second-order valence-corrected chi connectivity index (χ2v) is 6.42. The molecular formula is C13H18N4O2S. The van der Waals surface area contributed by atoms with Gasteiger partial charge in [0.25, 0.3) is 5.56 Å². The molecule has 0 radical (unpaired) electrons. The molecule has 0 spiro atoms. The zero-order valence-electron chi connectivity index (χ0n) is 11.9. The summed E-state index contributed by atoms with van der Waals surface area (Å²) in [5, 5.41) is 5.29. The molecule has 1 fully saturated rings. The standard InChI is InChI=1S/C13H18N4O2S/c1-8-4-12(18)17-13(14-8)20-11(15-17)7-16-5-9(2)19-10(3)6-16/h4,9-10H,5-7H2,1-3H3/t9-,10-/m0/s1. The molecule has 1 aliphatic heterocycles. The van der Waals surface area contributed by atoms with Gasteiger partial charge in [-0.3, -0.25) is 9.69 Å². The number of morpholine rings is 1. The predicted octanol–water partition coefficient (Wildman–Crippen LogP) is 1.07. The van der Waals surface area contributed by atoms with Crippen LogP contribution in [0.4, 0.5) is 0 Å². The summed E-state index contributed by atoms with van der Waals surface area (Å²) in [5.74, 6) is 0. The van der Waals surface area contributed by atoms with Crippen LogP contribution >= 0.6 is 11.3 Å². The van der Waals surface area contributed by atoms with Crippen molar-refractivity contribution in [1.29, 1.82) is 0 Å². The topological polar surface area (TPSA) is 59.7 Å². The monoisotopic (exact) mass is 294 g/mol. The second kappa shape index (κ2) is 5.23. The zero-order valence-corrected chi connectivity index (χ0v) is 12.7. The van der Waals surface area contributed by atoms with Gasteiger partial charge in [0.1, 0.15) is 5.01 Å². The highest BCUT2D eigenvalue weighted by atomic mass is 32.1. The molecule has 2 aromatic heterocycles. The van der Waals surface area contributed by atoms with Crippen LogP contribution in [0.15, 0.2) is 10.9 Å². The summed E-state index contributed by atoms with van der Waals surface area (Å²) in [6.07, 6.45) is 0.465. The van der Waals surface area contributed by atoms with Gasteiger partial charge in [-0.25, -0.2) is 4.98 Å². The van der Waals surface area contributed by atoms with E-state index in [4.69, 9.17) is 4.74 Å². The first-order valence-electron chi connectivity index (χ1n) is 6.75. The van der Waals surface area contributed by atoms with Crippen LogP contribution < -0.4 is 5.56 Å². The molecule has 0 saturated carbocycles. The molecule has 3 heterocycles. The van der Waals surface area contributed by atoms with Gasteiger partial charge in [-0.2, -0.15) is 9.61 Å². The fraction of sp³-hybridized carbons (Fsp3) is 0.615. The minimum atomic E-state index is -0.112. The Kier molecular flexibility index (Phi) is 3.57. The quantitative estimate of drug-likeness (QED) is 0.829. The Hall–Kier alpha value is -1.31. The lowest BCUT2D eigenvalue weighted by molar-refractivity contribution is -0.0705. The number of aromatic nitrogens is 3. The van der Waals surface area contributed by atoms with Gasteiger partial charge >= 0.3 is 0 Å². The Morgan fingerprint density at radius 1 is 1.40 bits per heavy atom. The SMILES string of the molecule is Cc1cc(=O)n2nc(CN3C[C@H](C)O[C@@H](C)C3)sc2n1. The fourth-order valence-corrected chi connectivity index (χ4v) is 3.62. The van der Waals surface area contributed by atoms with Crippen molar-refractivity contribution in [1.82, 2.24) is 19.5 Å². The Bertz CT molecular complexity index is 671. The Morgan fingerprint density at radius 3 is 2.80 bits per heavy atom. The molecule has 0 amide bonds. The maximum absolute atomic E-state index is 11.8. The van der Waals surface area contributed by atoms with Crippen LogP contribution in [0.3, 0.4) is 0 Å². The smallest absolute Gasteiger partial charge is 0.275 e. The lowest BCUT2D eigenvalue weighted by Crippen LogP contribution is -2.44. The third-order valence-corrected chi connectivity index (χ3v) is 4.16. The molecule has 6 nitrogen and oxygen atoms in total. The van der Waals surface area contributed by atoms with Crippen LogP contribution in [0.5, 0.6) is 0 Å². The molecule has 0 bridgehead atoms. The van der Waals surface area contributed by atoms with Crippen molar-refractivity contribution in [3.8, 4) is 0 Å². The largest absolute Gasteiger partial charge is 0.373 e. The number of ether oxygens (including phenoxy) is 1. The van der Waals surface area contributed by atoms with Crippen LogP contribution in [0.25, 0.3) is 4.96 Å². The summed E-state index contributed by atoms with van der Waals surface area (Å²) < 4.78 is 7.11. The average molecular weight is 294 g/mol. The molecule has 0 unspecified atom stereocenters. The van der Waals surface area contributed by atoms with Gasteiger partial charge in [0.15, 0.2) is 0 Å². The van der Waals surface area contributed by atoms with E-state index in [2.05, 4.69) is 28.8 Å². The minimum Gasteiger partial charge on any atom is -0.373 e. The molecule has 1 aliphatic rings. The van der Waals surface area contributed by atoms with E-state index in [9.17, 15) is 4.79 Å². The molecule has 3 rings (SSSR count). The number of nitrogens with zero attached hydrogens (tertiary/aromatic N) is 4. The van der Waals surface area contributed by atoms with Crippen LogP contribution in [0, 0.1) is 6.92 Å². The van der Waals surface area contributed by atoms with E-state index in [1.165, 1.54) is 21.9 Å². The van der Waals surface area contributed by atoms with Crippen molar-refractivity contribution < 1.29 is 4.74 Å². The van der Waals surface area contributed by atoms with Crippen LogP contribution in [0.1, 0.15) is 24.5 Å². The summed E-state index contributed by atoms with van der Waals surface area (Å²) in [6.45, 7) is 8.51. The third kappa shape index (κ3) is 2.74. The van der Waals surface area contributed by atoms with E-state index in [1.54, 1.807) is 0 Å². The maximum atomic E-state index is 11.8. The highest BCUT2D eigenvalue weighted by molar-refractivity contribution is 7.16. The van der Waals surface area contributed by atoms with Gasteiger partial charge in [-0.1, -0.05) is 11.3 Å². The van der Waals surface area contributed by atoms with Crippen LogP contribution in [-0.2, 0) is 11.3 Å². The first-order valence-corrected chi connectivity index (χ1v) is 7.57. The predicted molar refractivity (Wildman–Crippen MR) is 77.2 cm³/mol. The zero-order chi connectivity index (χ0) is 14.3. The van der Waals surface area contributed by atoms with Gasteiger partial charge in [-0.15, -0.1) is 0 Å². The molecule has 0 N–H and O–H groups in total. The van der Waals surface area contributed by atoms with Gasteiger partial charge in [0, 0.05) is 24.8 Å². The van der Waals surface area contributed by atoms with E-state index in [-0.39, 0.29) is 17.8 Å². The number of hydrogen-bond acceptors (Lipinski definition) is 6. The first kappa shape index (κ1) is 13.7. The summed E-state index contributed by atoms with van der Waals surface area (Å²) in [5.41, 5.74) is 0.623. The van der Waals surface area contributed by atoms with E-state index >= 15 is 0 Å². The summed E-state index contributed by atoms with van der Waals surface area (Å²) >= 11 is 1.48. The normalized spacial score (nSPS) is 24.4. The Labute approximate surface area is 121 Å². The molecule has 0 aromatic carbocycles. The van der Waals surface area contributed by atoms with Crippen LogP contribution in [-0.4, -0.2) is 44.8 Å². The van der Waals surface area contributed by atoms with E-state index < -0.39 is 0 Å². The van der Waals surface area contributed by atoms with Gasteiger partial charge in [0.05, 0.1) is 18.8 Å². The van der Waals surface area contributed by atoms with Crippen molar-refractivity contribution in [3.05, 3.63) is 27.1 Å². The van der Waals surface area contributed by atoms with Gasteiger partial charge in [0.2, 0.25) is 4.96 Å². The number of hydrogen-bond donors (Lipinski definition) is 0. The van der Waals surface area contributed by atoms with Crippen molar-refractivity contribution in [2.45, 2.75) is 39.5 Å². The average Bonchev–Trinajstić information content (AvgIpc) is 2.70. The molecule has 20 heavy (non-hydrogen) atoms. The number of aryl methyl sites for hydroxylation is 1. The highest BCUT2D eigenvalue weighted by Crippen LogP contribution is 2.17. The van der Waals surface area contributed by atoms with Crippen molar-refractivity contribution >= 4 is 16.3 Å². The second-order valence-electron chi connectivity index (χ2n) is 5.38. The van der Waals surface area contributed by atoms with Gasteiger partial charge < -0.3 is 4.74 Å². The third-order valence-electron chi connectivity index (χ3n) is 3.27. The molecule has 1 saturated heterocycles. The number of rotatable bonds is 2. The summed E-state index contributed by atoms with van der Waals surface area (Å²) in [4.78, 5) is 19.2. The van der Waals surface area contributed by atoms with Crippen molar-refractivity contribution in [2.75, 3.05) is 13.1 Å². The molecule has 7 heteroatoms.